The Morgan fingerprint density at radius 2 is 1.69 bits per heavy atom. The highest BCUT2D eigenvalue weighted by molar-refractivity contribution is 6.04. The number of benzene rings is 2. The molecule has 2 rings (SSSR count). The van der Waals surface area contributed by atoms with Crippen LogP contribution in [-0.2, 0) is 9.53 Å². The zero-order valence-electron chi connectivity index (χ0n) is 15.2. The minimum Gasteiger partial charge on any atom is -0.385 e. The number of methoxy groups -OCH3 is 1. The van der Waals surface area contributed by atoms with Gasteiger partial charge in [0.2, 0.25) is 5.91 Å². The van der Waals surface area contributed by atoms with E-state index in [1.54, 1.807) is 37.4 Å². The lowest BCUT2D eigenvalue weighted by molar-refractivity contribution is -0.115. The van der Waals surface area contributed by atoms with E-state index in [-0.39, 0.29) is 18.4 Å². The number of amides is 2. The highest BCUT2D eigenvalue weighted by Gasteiger charge is 2.07. The molecule has 0 aliphatic carbocycles. The van der Waals surface area contributed by atoms with Gasteiger partial charge >= 0.3 is 0 Å². The molecule has 0 saturated heterocycles. The van der Waals surface area contributed by atoms with Gasteiger partial charge in [0.15, 0.2) is 0 Å². The van der Waals surface area contributed by atoms with Crippen molar-refractivity contribution in [3.63, 3.8) is 0 Å². The van der Waals surface area contributed by atoms with Crippen LogP contribution in [0.3, 0.4) is 0 Å². The van der Waals surface area contributed by atoms with Crippen LogP contribution in [0.5, 0.6) is 0 Å². The summed E-state index contributed by atoms with van der Waals surface area (Å²) in [5, 5.41) is 8.70. The Bertz CT molecular complexity index is 729. The van der Waals surface area contributed by atoms with Gasteiger partial charge in [-0.1, -0.05) is 17.7 Å². The Morgan fingerprint density at radius 3 is 2.35 bits per heavy atom. The fraction of sp³-hybridized carbons (Fsp3) is 0.300. The molecule has 0 aliphatic heterocycles. The maximum absolute atomic E-state index is 12.2. The fourth-order valence-electron chi connectivity index (χ4n) is 2.38. The topological polar surface area (TPSA) is 79.5 Å². The number of ether oxygens (including phenoxy) is 1. The molecule has 0 bridgehead atoms. The molecule has 0 radical (unpaired) electrons. The van der Waals surface area contributed by atoms with E-state index in [4.69, 9.17) is 4.74 Å². The SMILES string of the molecule is COCCCNCC(=O)Nc1ccc(NC(=O)c2cccc(C)c2)cc1. The van der Waals surface area contributed by atoms with Crippen molar-refractivity contribution in [3.8, 4) is 0 Å². The Kier molecular flexibility index (Phi) is 7.79. The van der Waals surface area contributed by atoms with Gasteiger partial charge in [0.1, 0.15) is 0 Å². The van der Waals surface area contributed by atoms with E-state index in [1.807, 2.05) is 25.1 Å². The van der Waals surface area contributed by atoms with Crippen molar-refractivity contribution in [1.82, 2.24) is 5.32 Å². The first-order chi connectivity index (χ1) is 12.6. The highest BCUT2D eigenvalue weighted by atomic mass is 16.5. The van der Waals surface area contributed by atoms with E-state index in [2.05, 4.69) is 16.0 Å². The molecule has 0 saturated carbocycles. The average molecular weight is 355 g/mol. The first-order valence-corrected chi connectivity index (χ1v) is 8.56. The molecule has 2 aromatic rings. The summed E-state index contributed by atoms with van der Waals surface area (Å²) in [6, 6.07) is 14.4. The third kappa shape index (κ3) is 6.66. The van der Waals surface area contributed by atoms with E-state index < -0.39 is 0 Å². The van der Waals surface area contributed by atoms with Gasteiger partial charge in [-0.15, -0.1) is 0 Å². The quantitative estimate of drug-likeness (QED) is 0.604. The van der Waals surface area contributed by atoms with E-state index in [0.29, 0.717) is 23.5 Å². The molecule has 3 N–H and O–H groups in total. The maximum Gasteiger partial charge on any atom is 0.255 e. The summed E-state index contributed by atoms with van der Waals surface area (Å²) in [6.07, 6.45) is 0.860. The molecule has 0 fully saturated rings. The molecule has 0 heterocycles. The minimum absolute atomic E-state index is 0.112. The van der Waals surface area contributed by atoms with E-state index in [0.717, 1.165) is 18.5 Å². The Hall–Kier alpha value is -2.70. The van der Waals surface area contributed by atoms with Crippen LogP contribution in [0.4, 0.5) is 11.4 Å². The first-order valence-electron chi connectivity index (χ1n) is 8.56. The Morgan fingerprint density at radius 1 is 1.00 bits per heavy atom. The number of anilines is 2. The normalized spacial score (nSPS) is 10.4. The third-order valence-corrected chi connectivity index (χ3v) is 3.69. The van der Waals surface area contributed by atoms with Crippen LogP contribution in [0.15, 0.2) is 48.5 Å². The molecule has 2 amide bonds. The summed E-state index contributed by atoms with van der Waals surface area (Å²) in [5.74, 6) is -0.273. The molecule has 0 aliphatic rings. The van der Waals surface area contributed by atoms with Crippen LogP contribution in [0.1, 0.15) is 22.3 Å². The molecule has 0 aromatic heterocycles. The van der Waals surface area contributed by atoms with Gasteiger partial charge in [0.25, 0.3) is 5.91 Å². The van der Waals surface area contributed by atoms with Gasteiger partial charge < -0.3 is 20.7 Å². The first kappa shape index (κ1) is 19.6. The third-order valence-electron chi connectivity index (χ3n) is 3.69. The molecule has 0 spiro atoms. The maximum atomic E-state index is 12.2. The lowest BCUT2D eigenvalue weighted by Crippen LogP contribution is -2.29. The van der Waals surface area contributed by atoms with Gasteiger partial charge in [-0.05, 0) is 56.3 Å². The van der Waals surface area contributed by atoms with E-state index in [9.17, 15) is 9.59 Å². The van der Waals surface area contributed by atoms with Gasteiger partial charge in [-0.2, -0.15) is 0 Å². The molecule has 138 valence electrons. The molecule has 2 aromatic carbocycles. The zero-order chi connectivity index (χ0) is 18.8. The van der Waals surface area contributed by atoms with Gasteiger partial charge in [-0.3, -0.25) is 9.59 Å². The standard InChI is InChI=1S/C20H25N3O3/c1-15-5-3-6-16(13-15)20(25)23-18-9-7-17(8-10-18)22-19(24)14-21-11-4-12-26-2/h3,5-10,13,21H,4,11-12,14H2,1-2H3,(H,22,24)(H,23,25). The predicted octanol–water partition coefficient (Wildman–Crippen LogP) is 2.81. The summed E-state index contributed by atoms with van der Waals surface area (Å²) in [7, 11) is 1.65. The lowest BCUT2D eigenvalue weighted by Gasteiger charge is -2.09. The molecule has 0 atom stereocenters. The number of hydrogen-bond acceptors (Lipinski definition) is 4. The molecule has 0 unspecified atom stereocenters. The number of carbonyl (C=O) groups excluding carboxylic acids is 2. The van der Waals surface area contributed by atoms with Crippen LogP contribution >= 0.6 is 0 Å². The monoisotopic (exact) mass is 355 g/mol. The van der Waals surface area contributed by atoms with Crippen LogP contribution in [-0.4, -0.2) is 38.6 Å². The average Bonchev–Trinajstić information content (AvgIpc) is 2.63. The summed E-state index contributed by atoms with van der Waals surface area (Å²) in [4.78, 5) is 24.1. The zero-order valence-corrected chi connectivity index (χ0v) is 15.2. The number of hydrogen-bond donors (Lipinski definition) is 3. The fourth-order valence-corrected chi connectivity index (χ4v) is 2.38. The van der Waals surface area contributed by atoms with Crippen LogP contribution in [0.2, 0.25) is 0 Å². The molecular weight excluding hydrogens is 330 g/mol. The smallest absolute Gasteiger partial charge is 0.255 e. The Labute approximate surface area is 153 Å². The summed E-state index contributed by atoms with van der Waals surface area (Å²) < 4.78 is 4.95. The second kappa shape index (κ2) is 10.3. The van der Waals surface area contributed by atoms with Crippen molar-refractivity contribution in [2.75, 3.05) is 37.4 Å². The van der Waals surface area contributed by atoms with Crippen molar-refractivity contribution in [3.05, 3.63) is 59.7 Å². The summed E-state index contributed by atoms with van der Waals surface area (Å²) in [5.41, 5.74) is 3.00. The lowest BCUT2D eigenvalue weighted by atomic mass is 10.1. The van der Waals surface area contributed by atoms with Crippen molar-refractivity contribution >= 4 is 23.2 Å². The van der Waals surface area contributed by atoms with Crippen LogP contribution in [0.25, 0.3) is 0 Å². The highest BCUT2D eigenvalue weighted by Crippen LogP contribution is 2.15. The summed E-state index contributed by atoms with van der Waals surface area (Å²) in [6.45, 7) is 3.59. The number of carbonyl (C=O) groups is 2. The molecule has 6 nitrogen and oxygen atoms in total. The summed E-state index contributed by atoms with van der Waals surface area (Å²) >= 11 is 0. The van der Waals surface area contributed by atoms with Crippen LogP contribution < -0.4 is 16.0 Å². The van der Waals surface area contributed by atoms with Crippen molar-refractivity contribution in [2.45, 2.75) is 13.3 Å². The van der Waals surface area contributed by atoms with Crippen LogP contribution in [0, 0.1) is 6.92 Å². The largest absolute Gasteiger partial charge is 0.385 e. The Balaban J connectivity index is 1.80. The number of rotatable bonds is 9. The number of aryl methyl sites for hydroxylation is 1. The predicted molar refractivity (Wildman–Crippen MR) is 104 cm³/mol. The number of nitrogens with one attached hydrogen (secondary N) is 3. The van der Waals surface area contributed by atoms with Crippen molar-refractivity contribution in [2.24, 2.45) is 0 Å². The second-order valence-corrected chi connectivity index (χ2v) is 5.97. The van der Waals surface area contributed by atoms with Crippen molar-refractivity contribution in [1.29, 1.82) is 0 Å². The molecule has 6 heteroatoms. The second-order valence-electron chi connectivity index (χ2n) is 5.97. The molecular formula is C20H25N3O3. The van der Waals surface area contributed by atoms with E-state index in [1.165, 1.54) is 0 Å². The van der Waals surface area contributed by atoms with Gasteiger partial charge in [0, 0.05) is 30.7 Å². The minimum atomic E-state index is -0.161. The van der Waals surface area contributed by atoms with Crippen molar-refractivity contribution < 1.29 is 14.3 Å². The van der Waals surface area contributed by atoms with E-state index >= 15 is 0 Å². The molecule has 26 heavy (non-hydrogen) atoms. The van der Waals surface area contributed by atoms with Gasteiger partial charge in [0.05, 0.1) is 6.54 Å². The van der Waals surface area contributed by atoms with Gasteiger partial charge in [-0.25, -0.2) is 0 Å².